The normalized spacial score (nSPS) is 18.0. The lowest BCUT2D eigenvalue weighted by Crippen LogP contribution is -2.30. The first-order valence-corrected chi connectivity index (χ1v) is 9.82. The van der Waals surface area contributed by atoms with Gasteiger partial charge < -0.3 is 4.90 Å². The number of hydrogen-bond acceptors (Lipinski definition) is 2. The van der Waals surface area contributed by atoms with Gasteiger partial charge in [0.2, 0.25) is 0 Å². The Hall–Kier alpha value is -1.95. The van der Waals surface area contributed by atoms with Gasteiger partial charge in [0.15, 0.2) is 0 Å². The van der Waals surface area contributed by atoms with E-state index >= 15 is 0 Å². The summed E-state index contributed by atoms with van der Waals surface area (Å²) in [7, 11) is 0. The predicted octanol–water partition coefficient (Wildman–Crippen LogP) is 5.89. The summed E-state index contributed by atoms with van der Waals surface area (Å²) in [5.74, 6) is 0.395. The first-order chi connectivity index (χ1) is 12.6. The van der Waals surface area contributed by atoms with Crippen LogP contribution in [0, 0.1) is 0 Å². The Morgan fingerprint density at radius 1 is 1.04 bits per heavy atom. The van der Waals surface area contributed by atoms with Gasteiger partial charge in [-0.3, -0.25) is 4.79 Å². The fourth-order valence-corrected chi connectivity index (χ4v) is 4.35. The minimum atomic E-state index is -4.46. The molecule has 1 saturated heterocycles. The van der Waals surface area contributed by atoms with Crippen molar-refractivity contribution in [2.45, 2.75) is 37.7 Å². The van der Waals surface area contributed by atoms with Gasteiger partial charge in [-0.05, 0) is 34.7 Å². The lowest BCUT2D eigenvalue weighted by molar-refractivity contribution is -0.137. The molecule has 0 aromatic heterocycles. The molecular formula is C21H22F3NOS. The standard InChI is InChI=1S/C21H22F3NOS/c1-20(2,3)16-9-7-14(8-10-16)19-25(11-12-27-19)18(26)15-5-4-6-17(13-15)21(22,23)24/h4-10,13,19H,11-12H2,1-3H3/t19-/m1/s1. The zero-order valence-electron chi connectivity index (χ0n) is 15.5. The molecule has 1 fully saturated rings. The van der Waals surface area contributed by atoms with Gasteiger partial charge in [-0.25, -0.2) is 0 Å². The second kappa shape index (κ2) is 7.23. The van der Waals surface area contributed by atoms with Gasteiger partial charge in [0.05, 0.1) is 5.56 Å². The zero-order valence-corrected chi connectivity index (χ0v) is 16.3. The van der Waals surface area contributed by atoms with Crippen LogP contribution in [0.25, 0.3) is 0 Å². The molecule has 0 N–H and O–H groups in total. The number of hydrogen-bond donors (Lipinski definition) is 0. The topological polar surface area (TPSA) is 20.3 Å². The van der Waals surface area contributed by atoms with E-state index in [0.717, 1.165) is 23.4 Å². The molecule has 1 aliphatic heterocycles. The monoisotopic (exact) mass is 393 g/mol. The molecule has 0 spiro atoms. The molecule has 0 radical (unpaired) electrons. The van der Waals surface area contributed by atoms with E-state index in [1.807, 2.05) is 12.1 Å². The molecule has 2 nitrogen and oxygen atoms in total. The van der Waals surface area contributed by atoms with Crippen LogP contribution in [-0.2, 0) is 11.6 Å². The van der Waals surface area contributed by atoms with Crippen LogP contribution in [0.2, 0.25) is 0 Å². The first-order valence-electron chi connectivity index (χ1n) is 8.77. The van der Waals surface area contributed by atoms with Gasteiger partial charge in [-0.1, -0.05) is 51.1 Å². The number of halogens is 3. The van der Waals surface area contributed by atoms with E-state index in [0.29, 0.717) is 6.54 Å². The van der Waals surface area contributed by atoms with Gasteiger partial charge in [-0.2, -0.15) is 13.2 Å². The molecule has 1 amide bonds. The molecular weight excluding hydrogens is 371 g/mol. The van der Waals surface area contributed by atoms with Crippen LogP contribution in [0.1, 0.15) is 53.2 Å². The molecule has 6 heteroatoms. The molecule has 0 unspecified atom stereocenters. The van der Waals surface area contributed by atoms with Gasteiger partial charge in [0.25, 0.3) is 5.91 Å². The maximum atomic E-state index is 13.0. The summed E-state index contributed by atoms with van der Waals surface area (Å²) in [6, 6.07) is 12.8. The summed E-state index contributed by atoms with van der Waals surface area (Å²) in [6.07, 6.45) is -4.46. The van der Waals surface area contributed by atoms with Crippen LogP contribution in [0.15, 0.2) is 48.5 Å². The third-order valence-corrected chi connectivity index (χ3v) is 5.91. The highest BCUT2D eigenvalue weighted by molar-refractivity contribution is 7.99. The molecule has 27 heavy (non-hydrogen) atoms. The van der Waals surface area contributed by atoms with Gasteiger partial charge in [-0.15, -0.1) is 11.8 Å². The fourth-order valence-electron chi connectivity index (χ4n) is 3.10. The van der Waals surface area contributed by atoms with Crippen LogP contribution in [0.5, 0.6) is 0 Å². The Kier molecular flexibility index (Phi) is 5.30. The van der Waals surface area contributed by atoms with Crippen molar-refractivity contribution in [1.29, 1.82) is 0 Å². The maximum Gasteiger partial charge on any atom is 0.416 e. The molecule has 0 bridgehead atoms. The minimum absolute atomic E-state index is 0.0366. The van der Waals surface area contributed by atoms with Crippen molar-refractivity contribution in [3.05, 3.63) is 70.8 Å². The van der Waals surface area contributed by atoms with E-state index < -0.39 is 11.7 Å². The van der Waals surface area contributed by atoms with Crippen LogP contribution >= 0.6 is 11.8 Å². The van der Waals surface area contributed by atoms with Crippen molar-refractivity contribution in [3.63, 3.8) is 0 Å². The van der Waals surface area contributed by atoms with Crippen LogP contribution in [-0.4, -0.2) is 23.1 Å². The number of benzene rings is 2. The lowest BCUT2D eigenvalue weighted by atomic mass is 9.86. The first kappa shape index (κ1) is 19.8. The van der Waals surface area contributed by atoms with Crippen molar-refractivity contribution in [2.75, 3.05) is 12.3 Å². The Morgan fingerprint density at radius 3 is 2.30 bits per heavy atom. The van der Waals surface area contributed by atoms with Crippen molar-refractivity contribution >= 4 is 17.7 Å². The molecule has 1 aliphatic rings. The predicted molar refractivity (Wildman–Crippen MR) is 103 cm³/mol. The maximum absolute atomic E-state index is 13.0. The molecule has 2 aromatic rings. The highest BCUT2D eigenvalue weighted by atomic mass is 32.2. The molecule has 2 aromatic carbocycles. The van der Waals surface area contributed by atoms with E-state index in [4.69, 9.17) is 0 Å². The summed E-state index contributed by atoms with van der Waals surface area (Å²) in [5, 5.41) is -0.180. The summed E-state index contributed by atoms with van der Waals surface area (Å²) in [5.41, 5.74) is 1.50. The molecule has 3 rings (SSSR count). The number of carbonyl (C=O) groups is 1. The Bertz CT molecular complexity index is 825. The molecule has 0 aliphatic carbocycles. The average molecular weight is 393 g/mol. The largest absolute Gasteiger partial charge is 0.416 e. The van der Waals surface area contributed by atoms with E-state index in [-0.39, 0.29) is 22.3 Å². The summed E-state index contributed by atoms with van der Waals surface area (Å²) in [4.78, 5) is 14.5. The third kappa shape index (κ3) is 4.32. The van der Waals surface area contributed by atoms with E-state index in [2.05, 4.69) is 32.9 Å². The number of amides is 1. The van der Waals surface area contributed by atoms with Crippen molar-refractivity contribution < 1.29 is 18.0 Å². The summed E-state index contributed by atoms with van der Waals surface area (Å²) in [6.45, 7) is 6.92. The lowest BCUT2D eigenvalue weighted by Gasteiger charge is -2.26. The molecule has 0 saturated carbocycles. The Balaban J connectivity index is 1.85. The van der Waals surface area contributed by atoms with Crippen LogP contribution < -0.4 is 0 Å². The number of thioether (sulfide) groups is 1. The quantitative estimate of drug-likeness (QED) is 0.634. The second-order valence-electron chi connectivity index (χ2n) is 7.67. The Labute approximate surface area is 161 Å². The SMILES string of the molecule is CC(C)(C)c1ccc([C@H]2SCCN2C(=O)c2cccc(C(F)(F)F)c2)cc1. The number of nitrogens with zero attached hydrogens (tertiary/aromatic N) is 1. The number of carbonyl (C=O) groups excluding carboxylic acids is 1. The van der Waals surface area contributed by atoms with E-state index in [9.17, 15) is 18.0 Å². The molecule has 144 valence electrons. The van der Waals surface area contributed by atoms with Crippen LogP contribution in [0.3, 0.4) is 0 Å². The van der Waals surface area contributed by atoms with Gasteiger partial charge >= 0.3 is 6.18 Å². The highest BCUT2D eigenvalue weighted by Crippen LogP contribution is 2.40. The van der Waals surface area contributed by atoms with Crippen molar-refractivity contribution in [1.82, 2.24) is 4.90 Å². The number of rotatable bonds is 2. The third-order valence-electron chi connectivity index (χ3n) is 4.65. The summed E-state index contributed by atoms with van der Waals surface area (Å²) < 4.78 is 38.9. The minimum Gasteiger partial charge on any atom is -0.322 e. The van der Waals surface area contributed by atoms with Crippen LogP contribution in [0.4, 0.5) is 13.2 Å². The van der Waals surface area contributed by atoms with Gasteiger partial charge in [0, 0.05) is 17.9 Å². The average Bonchev–Trinajstić information content (AvgIpc) is 3.09. The fraction of sp³-hybridized carbons (Fsp3) is 0.381. The smallest absolute Gasteiger partial charge is 0.322 e. The van der Waals surface area contributed by atoms with Gasteiger partial charge in [0.1, 0.15) is 5.37 Å². The zero-order chi connectivity index (χ0) is 19.8. The van der Waals surface area contributed by atoms with E-state index in [1.165, 1.54) is 17.7 Å². The number of alkyl halides is 3. The Morgan fingerprint density at radius 2 is 1.70 bits per heavy atom. The van der Waals surface area contributed by atoms with Crippen molar-refractivity contribution in [2.24, 2.45) is 0 Å². The van der Waals surface area contributed by atoms with E-state index in [1.54, 1.807) is 16.7 Å². The highest BCUT2D eigenvalue weighted by Gasteiger charge is 2.34. The second-order valence-corrected chi connectivity index (χ2v) is 8.86. The molecule has 1 atom stereocenters. The molecule has 1 heterocycles. The summed E-state index contributed by atoms with van der Waals surface area (Å²) >= 11 is 1.63. The van der Waals surface area contributed by atoms with Crippen molar-refractivity contribution in [3.8, 4) is 0 Å².